The molecule has 1 atom stereocenters. The van der Waals surface area contributed by atoms with Crippen LogP contribution in [0.5, 0.6) is 0 Å². The minimum Gasteiger partial charge on any atom is -0.354 e. The highest BCUT2D eigenvalue weighted by Gasteiger charge is 2.20. The lowest BCUT2D eigenvalue weighted by Gasteiger charge is -2.38. The Balaban J connectivity index is 1.91. The van der Waals surface area contributed by atoms with Crippen LogP contribution in [0.15, 0.2) is 18.6 Å². The Labute approximate surface area is 96.3 Å². The van der Waals surface area contributed by atoms with E-state index < -0.39 is 0 Å². The first-order valence-corrected chi connectivity index (χ1v) is 5.76. The Kier molecular flexibility index (Phi) is 3.69. The fraction of sp³-hybridized carbons (Fsp3) is 0.636. The van der Waals surface area contributed by atoms with Gasteiger partial charge in [-0.3, -0.25) is 4.90 Å². The van der Waals surface area contributed by atoms with Crippen molar-refractivity contribution in [3.63, 3.8) is 0 Å². The average molecular weight is 221 g/mol. The molecule has 0 radical (unpaired) electrons. The fourth-order valence-electron chi connectivity index (χ4n) is 2.01. The number of piperazine rings is 1. The normalized spacial score (nSPS) is 19.8. The molecule has 16 heavy (non-hydrogen) atoms. The Morgan fingerprint density at radius 2 is 2.12 bits per heavy atom. The Hall–Kier alpha value is -1.20. The summed E-state index contributed by atoms with van der Waals surface area (Å²) in [6, 6.07) is 2.44. The van der Waals surface area contributed by atoms with Crippen molar-refractivity contribution in [2.45, 2.75) is 13.0 Å². The topological polar surface area (TPSA) is 58.3 Å². The zero-order valence-electron chi connectivity index (χ0n) is 9.71. The van der Waals surface area contributed by atoms with E-state index in [1.54, 1.807) is 12.5 Å². The van der Waals surface area contributed by atoms with Crippen molar-refractivity contribution in [3.05, 3.63) is 18.6 Å². The molecule has 0 bridgehead atoms. The van der Waals surface area contributed by atoms with Gasteiger partial charge in [-0.1, -0.05) is 0 Å². The molecule has 1 aliphatic heterocycles. The molecule has 0 amide bonds. The largest absolute Gasteiger partial charge is 0.354 e. The lowest BCUT2D eigenvalue weighted by molar-refractivity contribution is 0.201. The van der Waals surface area contributed by atoms with Crippen molar-refractivity contribution >= 4 is 5.82 Å². The number of nitrogens with two attached hydrogens (primary N) is 1. The molecule has 0 saturated carbocycles. The standard InChI is InChI=1S/C11H19N5/c1-10(8-12)15-4-6-16(7-5-15)11-2-3-13-9-14-11/h2-3,9-10H,4-8,12H2,1H3. The highest BCUT2D eigenvalue weighted by atomic mass is 15.3. The van der Waals surface area contributed by atoms with Crippen molar-refractivity contribution in [3.8, 4) is 0 Å². The third kappa shape index (κ3) is 2.48. The minimum atomic E-state index is 0.479. The third-order valence-corrected chi connectivity index (χ3v) is 3.17. The second-order valence-corrected chi connectivity index (χ2v) is 4.18. The van der Waals surface area contributed by atoms with Gasteiger partial charge in [-0.25, -0.2) is 9.97 Å². The number of aromatic nitrogens is 2. The van der Waals surface area contributed by atoms with Crippen LogP contribution in [0, 0.1) is 0 Å². The van der Waals surface area contributed by atoms with Crippen LogP contribution in [0.25, 0.3) is 0 Å². The van der Waals surface area contributed by atoms with Gasteiger partial charge in [0.1, 0.15) is 12.1 Å². The van der Waals surface area contributed by atoms with Gasteiger partial charge >= 0.3 is 0 Å². The molecular weight excluding hydrogens is 202 g/mol. The van der Waals surface area contributed by atoms with Crippen molar-refractivity contribution in [2.24, 2.45) is 5.73 Å². The van der Waals surface area contributed by atoms with E-state index >= 15 is 0 Å². The van der Waals surface area contributed by atoms with E-state index in [9.17, 15) is 0 Å². The van der Waals surface area contributed by atoms with Gasteiger partial charge in [0.25, 0.3) is 0 Å². The lowest BCUT2D eigenvalue weighted by Crippen LogP contribution is -2.51. The fourth-order valence-corrected chi connectivity index (χ4v) is 2.01. The molecule has 0 aliphatic carbocycles. The van der Waals surface area contributed by atoms with Crippen molar-refractivity contribution in [2.75, 3.05) is 37.6 Å². The van der Waals surface area contributed by atoms with Crippen molar-refractivity contribution in [1.29, 1.82) is 0 Å². The molecule has 5 nitrogen and oxygen atoms in total. The Bertz CT molecular complexity index is 307. The third-order valence-electron chi connectivity index (χ3n) is 3.17. The Morgan fingerprint density at radius 1 is 1.38 bits per heavy atom. The molecule has 5 heteroatoms. The van der Waals surface area contributed by atoms with E-state index in [-0.39, 0.29) is 0 Å². The maximum atomic E-state index is 5.67. The van der Waals surface area contributed by atoms with E-state index in [0.29, 0.717) is 6.04 Å². The second kappa shape index (κ2) is 5.23. The second-order valence-electron chi connectivity index (χ2n) is 4.18. The molecule has 1 saturated heterocycles. The van der Waals surface area contributed by atoms with Gasteiger partial charge in [-0.05, 0) is 13.0 Å². The first kappa shape index (κ1) is 11.3. The van der Waals surface area contributed by atoms with Gasteiger partial charge in [-0.15, -0.1) is 0 Å². The summed E-state index contributed by atoms with van der Waals surface area (Å²) in [6.45, 7) is 7.06. The molecule has 88 valence electrons. The average Bonchev–Trinajstić information content (AvgIpc) is 2.39. The molecule has 1 aromatic heterocycles. The van der Waals surface area contributed by atoms with Gasteiger partial charge in [0.2, 0.25) is 0 Å². The lowest BCUT2D eigenvalue weighted by atomic mass is 10.2. The highest BCUT2D eigenvalue weighted by Crippen LogP contribution is 2.12. The number of rotatable bonds is 3. The van der Waals surface area contributed by atoms with Crippen LogP contribution in [-0.4, -0.2) is 53.6 Å². The molecule has 1 aromatic rings. The van der Waals surface area contributed by atoms with E-state index in [0.717, 1.165) is 38.5 Å². The van der Waals surface area contributed by atoms with Gasteiger partial charge in [0.15, 0.2) is 0 Å². The summed E-state index contributed by atoms with van der Waals surface area (Å²) in [5.74, 6) is 1.02. The zero-order chi connectivity index (χ0) is 11.4. The zero-order valence-corrected chi connectivity index (χ0v) is 9.71. The first-order valence-electron chi connectivity index (χ1n) is 5.76. The smallest absolute Gasteiger partial charge is 0.131 e. The van der Waals surface area contributed by atoms with Crippen LogP contribution in [0.3, 0.4) is 0 Å². The molecule has 1 unspecified atom stereocenters. The van der Waals surface area contributed by atoms with Crippen molar-refractivity contribution < 1.29 is 0 Å². The molecule has 0 spiro atoms. The van der Waals surface area contributed by atoms with Crippen LogP contribution in [0.2, 0.25) is 0 Å². The van der Waals surface area contributed by atoms with E-state index in [1.165, 1.54) is 0 Å². The van der Waals surface area contributed by atoms with Gasteiger partial charge in [0.05, 0.1) is 0 Å². The van der Waals surface area contributed by atoms with E-state index in [4.69, 9.17) is 5.73 Å². The van der Waals surface area contributed by atoms with Gasteiger partial charge in [0, 0.05) is 45.0 Å². The van der Waals surface area contributed by atoms with Crippen LogP contribution < -0.4 is 10.6 Å². The summed E-state index contributed by atoms with van der Waals surface area (Å²) in [4.78, 5) is 12.9. The summed E-state index contributed by atoms with van der Waals surface area (Å²) in [6.07, 6.45) is 3.39. The van der Waals surface area contributed by atoms with Crippen LogP contribution >= 0.6 is 0 Å². The summed E-state index contributed by atoms with van der Waals surface area (Å²) in [5.41, 5.74) is 5.67. The Morgan fingerprint density at radius 3 is 2.69 bits per heavy atom. The number of hydrogen-bond acceptors (Lipinski definition) is 5. The van der Waals surface area contributed by atoms with Crippen LogP contribution in [0.1, 0.15) is 6.92 Å². The summed E-state index contributed by atoms with van der Waals surface area (Å²) in [5, 5.41) is 0. The molecule has 2 rings (SSSR count). The maximum Gasteiger partial charge on any atom is 0.131 e. The number of anilines is 1. The monoisotopic (exact) mass is 221 g/mol. The quantitative estimate of drug-likeness (QED) is 0.775. The summed E-state index contributed by atoms with van der Waals surface area (Å²) < 4.78 is 0. The van der Waals surface area contributed by atoms with Gasteiger partial charge in [-0.2, -0.15) is 0 Å². The van der Waals surface area contributed by atoms with Crippen LogP contribution in [0.4, 0.5) is 5.82 Å². The predicted octanol–water partition coefficient (Wildman–Crippen LogP) is -0.0542. The SMILES string of the molecule is CC(CN)N1CCN(c2ccncn2)CC1. The van der Waals surface area contributed by atoms with Crippen LogP contribution in [-0.2, 0) is 0 Å². The maximum absolute atomic E-state index is 5.67. The number of hydrogen-bond donors (Lipinski definition) is 1. The molecular formula is C11H19N5. The van der Waals surface area contributed by atoms with E-state index in [1.807, 2.05) is 6.07 Å². The molecule has 0 aromatic carbocycles. The number of nitrogens with zero attached hydrogens (tertiary/aromatic N) is 4. The van der Waals surface area contributed by atoms with Gasteiger partial charge < -0.3 is 10.6 Å². The molecule has 2 N–H and O–H groups in total. The van der Waals surface area contributed by atoms with E-state index in [2.05, 4.69) is 26.7 Å². The molecule has 2 heterocycles. The highest BCUT2D eigenvalue weighted by molar-refractivity contribution is 5.36. The summed E-state index contributed by atoms with van der Waals surface area (Å²) in [7, 11) is 0. The first-order chi connectivity index (χ1) is 7.81. The summed E-state index contributed by atoms with van der Waals surface area (Å²) >= 11 is 0. The minimum absolute atomic E-state index is 0.479. The predicted molar refractivity (Wildman–Crippen MR) is 64.3 cm³/mol. The molecule has 1 fully saturated rings. The van der Waals surface area contributed by atoms with Crippen molar-refractivity contribution in [1.82, 2.24) is 14.9 Å². The molecule has 1 aliphatic rings.